The van der Waals surface area contributed by atoms with E-state index in [9.17, 15) is 4.79 Å². The van der Waals surface area contributed by atoms with Gasteiger partial charge in [-0.05, 0) is 43.5 Å². The van der Waals surface area contributed by atoms with Crippen LogP contribution in [0.5, 0.6) is 0 Å². The van der Waals surface area contributed by atoms with Crippen molar-refractivity contribution in [3.8, 4) is 0 Å². The third-order valence-corrected chi connectivity index (χ3v) is 5.13. The van der Waals surface area contributed by atoms with E-state index in [1.807, 2.05) is 35.9 Å². The third kappa shape index (κ3) is 4.25. The molecule has 1 amide bonds. The quantitative estimate of drug-likeness (QED) is 0.831. The SMILES string of the molecule is Cc1nn(C)c(C)c1CCC(=O)N1CCN(Cc2ccncc2)CC1. The van der Waals surface area contributed by atoms with Gasteiger partial charge < -0.3 is 4.90 Å². The molecule has 0 radical (unpaired) electrons. The molecule has 0 N–H and O–H groups in total. The molecule has 2 aromatic heterocycles. The average molecular weight is 341 g/mol. The lowest BCUT2D eigenvalue weighted by Crippen LogP contribution is -2.48. The van der Waals surface area contributed by atoms with Crippen LogP contribution in [0.15, 0.2) is 24.5 Å². The van der Waals surface area contributed by atoms with Crippen LogP contribution in [-0.2, 0) is 24.8 Å². The number of pyridine rings is 1. The first-order valence-corrected chi connectivity index (χ1v) is 8.92. The first-order valence-electron chi connectivity index (χ1n) is 8.92. The molecule has 6 nitrogen and oxygen atoms in total. The number of carbonyl (C=O) groups is 1. The molecule has 6 heteroatoms. The fourth-order valence-electron chi connectivity index (χ4n) is 3.47. The van der Waals surface area contributed by atoms with Gasteiger partial charge in [0.15, 0.2) is 0 Å². The predicted octanol–water partition coefficient (Wildman–Crippen LogP) is 1.71. The number of aryl methyl sites for hydroxylation is 2. The normalized spacial score (nSPS) is 15.6. The van der Waals surface area contributed by atoms with E-state index in [0.29, 0.717) is 6.42 Å². The van der Waals surface area contributed by atoms with E-state index in [1.54, 1.807) is 0 Å². The molecule has 0 spiro atoms. The van der Waals surface area contributed by atoms with Crippen molar-refractivity contribution in [3.63, 3.8) is 0 Å². The smallest absolute Gasteiger partial charge is 0.222 e. The number of rotatable bonds is 5. The van der Waals surface area contributed by atoms with E-state index in [4.69, 9.17) is 0 Å². The first-order chi connectivity index (χ1) is 12.0. The van der Waals surface area contributed by atoms with Crippen LogP contribution in [0.25, 0.3) is 0 Å². The molecule has 1 saturated heterocycles. The molecule has 1 fully saturated rings. The van der Waals surface area contributed by atoms with E-state index in [1.165, 1.54) is 11.1 Å². The van der Waals surface area contributed by atoms with Crippen molar-refractivity contribution >= 4 is 5.91 Å². The van der Waals surface area contributed by atoms with Crippen molar-refractivity contribution in [2.24, 2.45) is 7.05 Å². The van der Waals surface area contributed by atoms with Crippen molar-refractivity contribution < 1.29 is 4.79 Å². The summed E-state index contributed by atoms with van der Waals surface area (Å²) < 4.78 is 1.90. The Morgan fingerprint density at radius 1 is 1.12 bits per heavy atom. The summed E-state index contributed by atoms with van der Waals surface area (Å²) in [5.41, 5.74) is 4.69. The maximum absolute atomic E-state index is 12.5. The molecule has 0 atom stereocenters. The summed E-state index contributed by atoms with van der Waals surface area (Å²) >= 11 is 0. The molecule has 0 aromatic carbocycles. The van der Waals surface area contributed by atoms with Crippen LogP contribution in [0.3, 0.4) is 0 Å². The van der Waals surface area contributed by atoms with Crippen molar-refractivity contribution in [1.29, 1.82) is 0 Å². The zero-order chi connectivity index (χ0) is 17.8. The topological polar surface area (TPSA) is 54.3 Å². The lowest BCUT2D eigenvalue weighted by molar-refractivity contribution is -0.133. The molecular formula is C19H27N5O. The van der Waals surface area contributed by atoms with Gasteiger partial charge in [-0.2, -0.15) is 5.10 Å². The highest BCUT2D eigenvalue weighted by Gasteiger charge is 2.21. The number of amides is 1. The maximum Gasteiger partial charge on any atom is 0.222 e. The zero-order valence-corrected chi connectivity index (χ0v) is 15.4. The van der Waals surface area contributed by atoms with E-state index < -0.39 is 0 Å². The van der Waals surface area contributed by atoms with Crippen LogP contribution < -0.4 is 0 Å². The summed E-state index contributed by atoms with van der Waals surface area (Å²) in [5, 5.41) is 4.43. The summed E-state index contributed by atoms with van der Waals surface area (Å²) in [4.78, 5) is 21.0. The minimum absolute atomic E-state index is 0.256. The summed E-state index contributed by atoms with van der Waals surface area (Å²) in [6.45, 7) is 8.50. The molecule has 25 heavy (non-hydrogen) atoms. The highest BCUT2D eigenvalue weighted by Crippen LogP contribution is 2.15. The second kappa shape index (κ2) is 7.78. The molecule has 3 rings (SSSR count). The van der Waals surface area contributed by atoms with Gasteiger partial charge in [0, 0.05) is 64.3 Å². The van der Waals surface area contributed by atoms with Gasteiger partial charge in [0.05, 0.1) is 5.69 Å². The number of nitrogens with zero attached hydrogens (tertiary/aromatic N) is 5. The zero-order valence-electron chi connectivity index (χ0n) is 15.4. The Labute approximate surface area is 149 Å². The number of carbonyl (C=O) groups excluding carboxylic acids is 1. The Kier molecular flexibility index (Phi) is 5.48. The Bertz CT molecular complexity index is 717. The minimum atomic E-state index is 0.256. The minimum Gasteiger partial charge on any atom is -0.340 e. The van der Waals surface area contributed by atoms with Gasteiger partial charge in [0.25, 0.3) is 0 Å². The Morgan fingerprint density at radius 3 is 2.40 bits per heavy atom. The molecule has 3 heterocycles. The molecule has 0 aliphatic carbocycles. The number of hydrogen-bond acceptors (Lipinski definition) is 4. The Hall–Kier alpha value is -2.21. The first kappa shape index (κ1) is 17.6. The monoisotopic (exact) mass is 341 g/mol. The van der Waals surface area contributed by atoms with Gasteiger partial charge >= 0.3 is 0 Å². The van der Waals surface area contributed by atoms with Crippen LogP contribution in [-0.4, -0.2) is 56.7 Å². The van der Waals surface area contributed by atoms with Gasteiger partial charge in [-0.1, -0.05) is 0 Å². The molecule has 134 valence electrons. The van der Waals surface area contributed by atoms with Gasteiger partial charge in [-0.15, -0.1) is 0 Å². The van der Waals surface area contributed by atoms with Crippen molar-refractivity contribution in [2.75, 3.05) is 26.2 Å². The van der Waals surface area contributed by atoms with E-state index in [0.717, 1.165) is 50.5 Å². The van der Waals surface area contributed by atoms with E-state index >= 15 is 0 Å². The molecule has 1 aliphatic heterocycles. The maximum atomic E-state index is 12.5. The summed E-state index contributed by atoms with van der Waals surface area (Å²) in [5.74, 6) is 0.256. The highest BCUT2D eigenvalue weighted by atomic mass is 16.2. The Morgan fingerprint density at radius 2 is 1.80 bits per heavy atom. The summed E-state index contributed by atoms with van der Waals surface area (Å²) in [6, 6.07) is 4.10. The molecule has 0 bridgehead atoms. The lowest BCUT2D eigenvalue weighted by Gasteiger charge is -2.34. The summed E-state index contributed by atoms with van der Waals surface area (Å²) in [7, 11) is 1.95. The molecule has 2 aromatic rings. The van der Waals surface area contributed by atoms with Gasteiger partial charge in [0.2, 0.25) is 5.91 Å². The van der Waals surface area contributed by atoms with Crippen molar-refractivity contribution in [2.45, 2.75) is 33.2 Å². The average Bonchev–Trinajstić information content (AvgIpc) is 2.86. The lowest BCUT2D eigenvalue weighted by atomic mass is 10.1. The standard InChI is InChI=1S/C19H27N5O/c1-15-18(16(2)22(3)21-15)4-5-19(25)24-12-10-23(11-13-24)14-17-6-8-20-9-7-17/h6-9H,4-5,10-14H2,1-3H3. The third-order valence-electron chi connectivity index (χ3n) is 5.13. The second-order valence-electron chi connectivity index (χ2n) is 6.79. The van der Waals surface area contributed by atoms with Crippen LogP contribution in [0.4, 0.5) is 0 Å². The highest BCUT2D eigenvalue weighted by molar-refractivity contribution is 5.76. The van der Waals surface area contributed by atoms with Crippen molar-refractivity contribution in [1.82, 2.24) is 24.6 Å². The predicted molar refractivity (Wildman–Crippen MR) is 97.1 cm³/mol. The number of piperazine rings is 1. The fraction of sp³-hybridized carbons (Fsp3) is 0.526. The molecule has 0 saturated carbocycles. The van der Waals surface area contributed by atoms with Gasteiger partial charge in [0.1, 0.15) is 0 Å². The largest absolute Gasteiger partial charge is 0.340 e. The van der Waals surface area contributed by atoms with Crippen LogP contribution in [0, 0.1) is 13.8 Å². The molecular weight excluding hydrogens is 314 g/mol. The van der Waals surface area contributed by atoms with Crippen LogP contribution >= 0.6 is 0 Å². The fourth-order valence-corrected chi connectivity index (χ4v) is 3.47. The van der Waals surface area contributed by atoms with E-state index in [2.05, 4.69) is 34.0 Å². The summed E-state index contributed by atoms with van der Waals surface area (Å²) in [6.07, 6.45) is 5.01. The van der Waals surface area contributed by atoms with Crippen molar-refractivity contribution in [3.05, 3.63) is 47.0 Å². The Balaban J connectivity index is 1.47. The van der Waals surface area contributed by atoms with Crippen LogP contribution in [0.1, 0.15) is 28.9 Å². The van der Waals surface area contributed by atoms with Gasteiger partial charge in [-0.3, -0.25) is 19.4 Å². The second-order valence-corrected chi connectivity index (χ2v) is 6.79. The number of hydrogen-bond donors (Lipinski definition) is 0. The van der Waals surface area contributed by atoms with Crippen LogP contribution in [0.2, 0.25) is 0 Å². The number of aromatic nitrogens is 3. The van der Waals surface area contributed by atoms with E-state index in [-0.39, 0.29) is 5.91 Å². The van der Waals surface area contributed by atoms with Gasteiger partial charge in [-0.25, -0.2) is 0 Å². The molecule has 0 unspecified atom stereocenters. The molecule has 1 aliphatic rings.